The second kappa shape index (κ2) is 13.5. The fourth-order valence-corrected chi connectivity index (χ4v) is 6.29. The second-order valence-electron chi connectivity index (χ2n) is 12.2. The van der Waals surface area contributed by atoms with Crippen molar-refractivity contribution in [3.05, 3.63) is 107 Å². The van der Waals surface area contributed by atoms with E-state index in [-0.39, 0.29) is 30.7 Å². The summed E-state index contributed by atoms with van der Waals surface area (Å²) in [5.41, 5.74) is 9.09. The van der Waals surface area contributed by atoms with Crippen LogP contribution in [0.4, 0.5) is 16.2 Å². The zero-order chi connectivity index (χ0) is 33.1. The summed E-state index contributed by atoms with van der Waals surface area (Å²) in [6.45, 7) is 10.1. The summed E-state index contributed by atoms with van der Waals surface area (Å²) in [7, 11) is 0. The van der Waals surface area contributed by atoms with Crippen LogP contribution in [0.25, 0.3) is 11.1 Å². The SMILES string of the molecule is C=C1C2CN(C(=O)CCCOc3cccc(C)c3C)c3cccc(-c4cnn(Cc5cccc(NC(=O)NCCC(=O)O)c5)c4)c3C12. The van der Waals surface area contributed by atoms with Crippen LogP contribution in [0.1, 0.15) is 47.4 Å². The molecule has 1 aliphatic heterocycles. The summed E-state index contributed by atoms with van der Waals surface area (Å²) in [4.78, 5) is 38.3. The molecule has 1 aliphatic carbocycles. The Morgan fingerprint density at radius 3 is 2.70 bits per heavy atom. The van der Waals surface area contributed by atoms with Gasteiger partial charge in [-0.25, -0.2) is 4.79 Å². The van der Waals surface area contributed by atoms with E-state index in [1.54, 1.807) is 6.07 Å². The number of urea groups is 1. The molecule has 2 unspecified atom stereocenters. The van der Waals surface area contributed by atoms with Gasteiger partial charge in [0.1, 0.15) is 5.75 Å². The lowest BCUT2D eigenvalue weighted by atomic mass is 9.92. The zero-order valence-electron chi connectivity index (χ0n) is 26.7. The molecule has 10 heteroatoms. The number of rotatable bonds is 12. The first-order chi connectivity index (χ1) is 22.7. The number of hydrogen-bond donors (Lipinski definition) is 3. The number of fused-ring (bicyclic) bond motifs is 3. The summed E-state index contributed by atoms with van der Waals surface area (Å²) in [5, 5.41) is 18.7. The molecular formula is C37H39N5O5. The molecule has 6 rings (SSSR count). The average Bonchev–Trinajstić information content (AvgIpc) is 3.46. The number of carbonyl (C=O) groups excluding carboxylic acids is 2. The molecule has 0 saturated heterocycles. The van der Waals surface area contributed by atoms with Crippen LogP contribution in [0, 0.1) is 19.8 Å². The van der Waals surface area contributed by atoms with Gasteiger partial charge in [-0.2, -0.15) is 5.10 Å². The molecule has 1 saturated carbocycles. The first-order valence-electron chi connectivity index (χ1n) is 15.9. The van der Waals surface area contributed by atoms with E-state index in [4.69, 9.17) is 9.84 Å². The predicted octanol–water partition coefficient (Wildman–Crippen LogP) is 6.29. The van der Waals surface area contributed by atoms with Crippen LogP contribution in [-0.4, -0.2) is 52.5 Å². The summed E-state index contributed by atoms with van der Waals surface area (Å²) in [5.74, 6) is 0.465. The summed E-state index contributed by atoms with van der Waals surface area (Å²) in [6, 6.07) is 19.1. The van der Waals surface area contributed by atoms with Gasteiger partial charge in [0.2, 0.25) is 5.91 Å². The highest BCUT2D eigenvalue weighted by molar-refractivity contribution is 5.97. The number of carbonyl (C=O) groups is 3. The van der Waals surface area contributed by atoms with Crippen molar-refractivity contribution >= 4 is 29.3 Å². The van der Waals surface area contributed by atoms with E-state index in [0.29, 0.717) is 38.2 Å². The third-order valence-corrected chi connectivity index (χ3v) is 8.98. The molecule has 10 nitrogen and oxygen atoms in total. The van der Waals surface area contributed by atoms with Crippen LogP contribution in [0.5, 0.6) is 5.75 Å². The Kier molecular flexibility index (Phi) is 9.10. The third-order valence-electron chi connectivity index (χ3n) is 8.98. The van der Waals surface area contributed by atoms with Gasteiger partial charge in [-0.05, 0) is 72.4 Å². The van der Waals surface area contributed by atoms with Gasteiger partial charge < -0.3 is 25.4 Å². The molecule has 3 N–H and O–H groups in total. The van der Waals surface area contributed by atoms with Gasteiger partial charge in [-0.3, -0.25) is 14.3 Å². The van der Waals surface area contributed by atoms with Crippen LogP contribution in [0.15, 0.2) is 85.2 Å². The molecule has 2 atom stereocenters. The molecule has 3 aromatic carbocycles. The summed E-state index contributed by atoms with van der Waals surface area (Å²) < 4.78 is 7.85. The minimum atomic E-state index is -0.972. The molecule has 3 amide bonds. The Hall–Kier alpha value is -5.38. The number of aliphatic carboxylic acids is 1. The maximum atomic E-state index is 13.6. The van der Waals surface area contributed by atoms with Gasteiger partial charge >= 0.3 is 12.0 Å². The highest BCUT2D eigenvalue weighted by atomic mass is 16.5. The van der Waals surface area contributed by atoms with Crippen molar-refractivity contribution in [2.24, 2.45) is 5.92 Å². The predicted molar refractivity (Wildman–Crippen MR) is 181 cm³/mol. The van der Waals surface area contributed by atoms with E-state index in [9.17, 15) is 14.4 Å². The van der Waals surface area contributed by atoms with Crippen molar-refractivity contribution in [1.82, 2.24) is 15.1 Å². The van der Waals surface area contributed by atoms with E-state index in [1.807, 2.05) is 71.4 Å². The van der Waals surface area contributed by atoms with Crippen molar-refractivity contribution in [2.45, 2.75) is 45.6 Å². The summed E-state index contributed by atoms with van der Waals surface area (Å²) >= 11 is 0. The minimum Gasteiger partial charge on any atom is -0.493 e. The molecule has 242 valence electrons. The first-order valence-corrected chi connectivity index (χ1v) is 15.9. The van der Waals surface area contributed by atoms with Crippen molar-refractivity contribution in [1.29, 1.82) is 0 Å². The van der Waals surface area contributed by atoms with Crippen LogP contribution < -0.4 is 20.3 Å². The number of ether oxygens (including phenoxy) is 1. The lowest BCUT2D eigenvalue weighted by Crippen LogP contribution is -2.36. The number of nitrogens with zero attached hydrogens (tertiary/aromatic N) is 3. The molecule has 0 bridgehead atoms. The lowest BCUT2D eigenvalue weighted by Gasteiger charge is -2.30. The Bertz CT molecular complexity index is 1850. The van der Waals surface area contributed by atoms with Crippen LogP contribution in [0.3, 0.4) is 0 Å². The third kappa shape index (κ3) is 7.06. The van der Waals surface area contributed by atoms with Gasteiger partial charge in [0, 0.05) is 54.5 Å². The fraction of sp³-hybridized carbons (Fsp3) is 0.297. The monoisotopic (exact) mass is 633 g/mol. The molecule has 2 heterocycles. The van der Waals surface area contributed by atoms with Crippen molar-refractivity contribution in [3.8, 4) is 16.9 Å². The van der Waals surface area contributed by atoms with Crippen molar-refractivity contribution in [3.63, 3.8) is 0 Å². The Morgan fingerprint density at radius 2 is 1.87 bits per heavy atom. The molecule has 47 heavy (non-hydrogen) atoms. The van der Waals surface area contributed by atoms with E-state index in [0.717, 1.165) is 44.8 Å². The van der Waals surface area contributed by atoms with Crippen LogP contribution >= 0.6 is 0 Å². The number of carboxylic acids is 1. The molecule has 1 aromatic heterocycles. The highest BCUT2D eigenvalue weighted by Gasteiger charge is 2.51. The second-order valence-corrected chi connectivity index (χ2v) is 12.2. The smallest absolute Gasteiger partial charge is 0.319 e. The fourth-order valence-electron chi connectivity index (χ4n) is 6.29. The number of nitrogens with one attached hydrogen (secondary N) is 2. The van der Waals surface area contributed by atoms with Gasteiger partial charge in [0.25, 0.3) is 0 Å². The largest absolute Gasteiger partial charge is 0.493 e. The standard InChI is InChI=1S/C37H39N5O5/c1-23-8-4-13-32(24(23)2)47-17-7-14-33(43)42-22-30-25(3)35(30)36-29(11-6-12-31(36)42)27-19-39-41(21-27)20-26-9-5-10-28(18-26)40-37(46)38-16-15-34(44)45/h4-6,8-13,18-19,21,30,35H,3,7,14-17,20,22H2,1-2H3,(H,44,45)(H2,38,40,46). The number of aromatic nitrogens is 2. The van der Waals surface area contributed by atoms with Crippen molar-refractivity contribution < 1.29 is 24.2 Å². The number of benzene rings is 3. The Balaban J connectivity index is 1.12. The Morgan fingerprint density at radius 1 is 1.06 bits per heavy atom. The topological polar surface area (TPSA) is 126 Å². The normalized spacial score (nSPS) is 16.2. The number of amides is 3. The zero-order valence-corrected chi connectivity index (χ0v) is 26.7. The van der Waals surface area contributed by atoms with Gasteiger partial charge in [-0.1, -0.05) is 48.6 Å². The lowest BCUT2D eigenvalue weighted by molar-refractivity contribution is -0.136. The number of carboxylic acid groups (broad SMARTS) is 1. The number of anilines is 2. The van der Waals surface area contributed by atoms with E-state index < -0.39 is 12.0 Å². The molecule has 4 aromatic rings. The quantitative estimate of drug-likeness (QED) is 0.124. The van der Waals surface area contributed by atoms with E-state index in [1.165, 1.54) is 5.56 Å². The maximum absolute atomic E-state index is 13.6. The molecule has 0 radical (unpaired) electrons. The number of aryl methyl sites for hydroxylation is 1. The Labute approximate surface area is 274 Å². The van der Waals surface area contributed by atoms with Gasteiger partial charge in [0.05, 0.1) is 25.8 Å². The molecule has 2 aliphatic rings. The highest BCUT2D eigenvalue weighted by Crippen LogP contribution is 2.60. The van der Waals surface area contributed by atoms with Crippen molar-refractivity contribution in [2.75, 3.05) is 29.9 Å². The minimum absolute atomic E-state index is 0.0458. The number of hydrogen-bond acceptors (Lipinski definition) is 5. The van der Waals surface area contributed by atoms with Gasteiger partial charge in [0.15, 0.2) is 0 Å². The van der Waals surface area contributed by atoms with Crippen LogP contribution in [-0.2, 0) is 16.1 Å². The maximum Gasteiger partial charge on any atom is 0.319 e. The molecular weight excluding hydrogens is 594 g/mol. The summed E-state index contributed by atoms with van der Waals surface area (Å²) in [6.07, 6.45) is 4.73. The average molecular weight is 634 g/mol. The molecule has 1 fully saturated rings. The molecule has 0 spiro atoms. The first kappa shape index (κ1) is 31.6. The van der Waals surface area contributed by atoms with Gasteiger partial charge in [-0.15, -0.1) is 0 Å². The van der Waals surface area contributed by atoms with E-state index >= 15 is 0 Å². The van der Waals surface area contributed by atoms with Crippen LogP contribution in [0.2, 0.25) is 0 Å². The van der Waals surface area contributed by atoms with E-state index in [2.05, 4.69) is 41.4 Å².